The molecule has 0 bridgehead atoms. The number of methoxy groups -OCH3 is 1. The molecule has 1 aromatic rings. The number of carbonyl (C=O) groups excluding carboxylic acids is 1. The monoisotopic (exact) mass is 318 g/mol. The van der Waals surface area contributed by atoms with Crippen LogP contribution in [0.2, 0.25) is 0 Å². The number of halogens is 1. The summed E-state index contributed by atoms with van der Waals surface area (Å²) in [6, 6.07) is 7.75. The lowest BCUT2D eigenvalue weighted by molar-refractivity contribution is -0.150. The van der Waals surface area contributed by atoms with Crippen LogP contribution in [0.5, 0.6) is 5.75 Å². The van der Waals surface area contributed by atoms with Gasteiger partial charge in [0.05, 0.1) is 0 Å². The van der Waals surface area contributed by atoms with Crippen molar-refractivity contribution >= 4 is 28.4 Å². The van der Waals surface area contributed by atoms with E-state index in [0.29, 0.717) is 6.42 Å². The Morgan fingerprint density at radius 2 is 2.27 bits per heavy atom. The van der Waals surface area contributed by atoms with Crippen LogP contribution in [-0.4, -0.2) is 25.1 Å². The number of hydrogen-bond acceptors (Lipinski definition) is 3. The van der Waals surface area contributed by atoms with E-state index in [9.17, 15) is 4.79 Å². The third kappa shape index (κ3) is 2.31. The largest absolute Gasteiger partial charge is 0.487 e. The lowest BCUT2D eigenvalue weighted by Gasteiger charge is -2.33. The topological polar surface area (TPSA) is 35.5 Å². The summed E-state index contributed by atoms with van der Waals surface area (Å²) in [5.74, 6) is 0.912. The normalized spacial score (nSPS) is 24.8. The maximum Gasteiger partial charge on any atom is 0.169 e. The number of carbonyl (C=O) groups is 1. The molecule has 15 heavy (non-hydrogen) atoms. The molecule has 0 radical (unpaired) electrons. The maximum absolute atomic E-state index is 11.1. The Morgan fingerprint density at radius 1 is 1.47 bits per heavy atom. The molecule has 1 aliphatic carbocycles. The molecule has 0 aliphatic heterocycles. The predicted octanol–water partition coefficient (Wildman–Crippen LogP) is 2.03. The molecular formula is C11H11IO3. The quantitative estimate of drug-likeness (QED) is 0.800. The van der Waals surface area contributed by atoms with E-state index in [4.69, 9.17) is 9.47 Å². The van der Waals surface area contributed by atoms with Crippen molar-refractivity contribution in [2.75, 3.05) is 7.11 Å². The highest BCUT2D eigenvalue weighted by Crippen LogP contribution is 2.25. The van der Waals surface area contributed by atoms with Crippen LogP contribution in [0, 0.1) is 3.57 Å². The zero-order valence-electron chi connectivity index (χ0n) is 8.27. The van der Waals surface area contributed by atoms with Gasteiger partial charge in [0.2, 0.25) is 0 Å². The Hall–Kier alpha value is -0.620. The molecule has 0 N–H and O–H groups in total. The number of Topliss-reactive ketones (excluding diaryl/α,β-unsaturated/α-hetero) is 1. The molecule has 0 aromatic heterocycles. The molecule has 1 saturated carbocycles. The molecule has 80 valence electrons. The number of benzene rings is 1. The van der Waals surface area contributed by atoms with Gasteiger partial charge in [-0.1, -0.05) is 6.07 Å². The van der Waals surface area contributed by atoms with E-state index in [1.165, 1.54) is 7.11 Å². The fourth-order valence-electron chi connectivity index (χ4n) is 1.57. The van der Waals surface area contributed by atoms with Crippen molar-refractivity contribution in [2.45, 2.75) is 18.6 Å². The molecule has 4 heteroatoms. The molecule has 2 atom stereocenters. The number of ketones is 1. The van der Waals surface area contributed by atoms with Gasteiger partial charge < -0.3 is 9.47 Å². The Balaban J connectivity index is 2.01. The lowest BCUT2D eigenvalue weighted by atomic mass is 9.90. The van der Waals surface area contributed by atoms with E-state index in [1.807, 2.05) is 24.3 Å². The molecule has 3 nitrogen and oxygen atoms in total. The van der Waals surface area contributed by atoms with Gasteiger partial charge in [-0.15, -0.1) is 0 Å². The maximum atomic E-state index is 11.1. The summed E-state index contributed by atoms with van der Waals surface area (Å²) in [7, 11) is 1.53. The minimum atomic E-state index is -0.386. The minimum Gasteiger partial charge on any atom is -0.487 e. The van der Waals surface area contributed by atoms with Crippen LogP contribution in [0.3, 0.4) is 0 Å². The van der Waals surface area contributed by atoms with Crippen LogP contribution < -0.4 is 4.74 Å². The van der Waals surface area contributed by atoms with Gasteiger partial charge in [0, 0.05) is 17.1 Å². The SMILES string of the molecule is COC1C(=O)CC1Oc1cccc(I)c1. The van der Waals surface area contributed by atoms with Crippen molar-refractivity contribution in [1.29, 1.82) is 0 Å². The molecule has 0 spiro atoms. The highest BCUT2D eigenvalue weighted by molar-refractivity contribution is 14.1. The van der Waals surface area contributed by atoms with Gasteiger partial charge >= 0.3 is 0 Å². The predicted molar refractivity (Wildman–Crippen MR) is 64.0 cm³/mol. The van der Waals surface area contributed by atoms with Crippen LogP contribution in [0.15, 0.2) is 24.3 Å². The fourth-order valence-corrected chi connectivity index (χ4v) is 2.08. The van der Waals surface area contributed by atoms with Crippen LogP contribution in [0.1, 0.15) is 6.42 Å². The van der Waals surface area contributed by atoms with E-state index >= 15 is 0 Å². The van der Waals surface area contributed by atoms with Crippen molar-refractivity contribution in [2.24, 2.45) is 0 Å². The second-order valence-electron chi connectivity index (χ2n) is 3.44. The van der Waals surface area contributed by atoms with Gasteiger partial charge in [-0.2, -0.15) is 0 Å². The summed E-state index contributed by atoms with van der Waals surface area (Å²) in [6.07, 6.45) is -0.0622. The van der Waals surface area contributed by atoms with Gasteiger partial charge in [0.25, 0.3) is 0 Å². The lowest BCUT2D eigenvalue weighted by Crippen LogP contribution is -2.51. The first-order valence-corrected chi connectivity index (χ1v) is 5.76. The summed E-state index contributed by atoms with van der Waals surface area (Å²) in [5.41, 5.74) is 0. The third-order valence-corrected chi connectivity index (χ3v) is 3.07. The highest BCUT2D eigenvalue weighted by Gasteiger charge is 2.41. The molecular weight excluding hydrogens is 307 g/mol. The van der Waals surface area contributed by atoms with E-state index < -0.39 is 0 Å². The van der Waals surface area contributed by atoms with Gasteiger partial charge in [-0.25, -0.2) is 0 Å². The number of rotatable bonds is 3. The second-order valence-corrected chi connectivity index (χ2v) is 4.69. The zero-order valence-corrected chi connectivity index (χ0v) is 10.4. The average molecular weight is 318 g/mol. The van der Waals surface area contributed by atoms with Gasteiger partial charge in [-0.05, 0) is 40.8 Å². The first-order valence-electron chi connectivity index (χ1n) is 4.68. The first kappa shape index (κ1) is 10.9. The van der Waals surface area contributed by atoms with Crippen molar-refractivity contribution < 1.29 is 14.3 Å². The second kappa shape index (κ2) is 4.49. The standard InChI is InChI=1S/C11H11IO3/c1-14-11-9(13)6-10(11)15-8-4-2-3-7(12)5-8/h2-5,10-11H,6H2,1H3. The van der Waals surface area contributed by atoms with Crippen molar-refractivity contribution in [3.05, 3.63) is 27.8 Å². The van der Waals surface area contributed by atoms with Gasteiger partial charge in [0.15, 0.2) is 11.9 Å². The minimum absolute atomic E-state index is 0.119. The van der Waals surface area contributed by atoms with Crippen molar-refractivity contribution in [3.63, 3.8) is 0 Å². The first-order chi connectivity index (χ1) is 7.20. The van der Waals surface area contributed by atoms with E-state index in [0.717, 1.165) is 9.32 Å². The van der Waals surface area contributed by atoms with Crippen molar-refractivity contribution in [1.82, 2.24) is 0 Å². The molecule has 0 amide bonds. The van der Waals surface area contributed by atoms with Crippen molar-refractivity contribution in [3.8, 4) is 5.75 Å². The van der Waals surface area contributed by atoms with E-state index in [1.54, 1.807) is 0 Å². The molecule has 2 rings (SSSR count). The molecule has 0 saturated heterocycles. The molecule has 1 fully saturated rings. The number of hydrogen-bond donors (Lipinski definition) is 0. The zero-order chi connectivity index (χ0) is 10.8. The Kier molecular flexibility index (Phi) is 3.25. The smallest absolute Gasteiger partial charge is 0.169 e. The van der Waals surface area contributed by atoms with E-state index in [2.05, 4.69) is 22.6 Å². The van der Waals surface area contributed by atoms with Crippen LogP contribution >= 0.6 is 22.6 Å². The van der Waals surface area contributed by atoms with Gasteiger partial charge in [-0.3, -0.25) is 4.79 Å². The van der Waals surface area contributed by atoms with E-state index in [-0.39, 0.29) is 18.0 Å². The van der Waals surface area contributed by atoms with Crippen LogP contribution in [0.25, 0.3) is 0 Å². The molecule has 1 aliphatic rings. The van der Waals surface area contributed by atoms with Crippen LogP contribution in [-0.2, 0) is 9.53 Å². The Labute approximate surface area is 102 Å². The summed E-state index contributed by atoms with van der Waals surface area (Å²) >= 11 is 2.22. The third-order valence-electron chi connectivity index (χ3n) is 2.39. The summed E-state index contributed by atoms with van der Waals surface area (Å²) in [4.78, 5) is 11.1. The number of ether oxygens (including phenoxy) is 2. The van der Waals surface area contributed by atoms with Crippen LogP contribution in [0.4, 0.5) is 0 Å². The summed E-state index contributed by atoms with van der Waals surface area (Å²) in [5, 5.41) is 0. The summed E-state index contributed by atoms with van der Waals surface area (Å²) < 4.78 is 11.8. The molecule has 1 aromatic carbocycles. The summed E-state index contributed by atoms with van der Waals surface area (Å²) in [6.45, 7) is 0. The molecule has 2 unspecified atom stereocenters. The molecule has 0 heterocycles. The average Bonchev–Trinajstić information content (AvgIpc) is 2.17. The fraction of sp³-hybridized carbons (Fsp3) is 0.364. The van der Waals surface area contributed by atoms with Gasteiger partial charge in [0.1, 0.15) is 11.9 Å². The Bertz CT molecular complexity index is 378. The highest BCUT2D eigenvalue weighted by atomic mass is 127. The Morgan fingerprint density at radius 3 is 2.87 bits per heavy atom.